The van der Waals surface area contributed by atoms with Gasteiger partial charge in [-0.2, -0.15) is 0 Å². The summed E-state index contributed by atoms with van der Waals surface area (Å²) >= 11 is 1.27. The van der Waals surface area contributed by atoms with Crippen LogP contribution in [0.4, 0.5) is 5.69 Å². The molecular weight excluding hydrogens is 342 g/mol. The van der Waals surface area contributed by atoms with E-state index in [0.29, 0.717) is 30.6 Å². The van der Waals surface area contributed by atoms with Crippen molar-refractivity contribution in [2.24, 2.45) is 4.99 Å². The van der Waals surface area contributed by atoms with Gasteiger partial charge in [0.05, 0.1) is 19.8 Å². The predicted octanol–water partition coefficient (Wildman–Crippen LogP) is 2.04. The standard InChI is InChI=1S/C17H23N3O4S/c1-3-9-24-13-6-4-12(5-7-13)19-15(21)11-14-16(22)20-17(25-14)18-8-10-23-2/h4-7,14H,3,8-11H2,1-2H3,(H,19,21)(H,18,20,22)/t14-/m0/s1. The number of rotatable bonds is 9. The van der Waals surface area contributed by atoms with Gasteiger partial charge in [0, 0.05) is 19.2 Å². The Hall–Kier alpha value is -2.06. The van der Waals surface area contributed by atoms with Crippen molar-refractivity contribution in [3.05, 3.63) is 24.3 Å². The third-order valence-corrected chi connectivity index (χ3v) is 4.43. The van der Waals surface area contributed by atoms with Gasteiger partial charge in [-0.15, -0.1) is 0 Å². The van der Waals surface area contributed by atoms with E-state index < -0.39 is 5.25 Å². The molecular formula is C17H23N3O4S. The molecule has 0 unspecified atom stereocenters. The fourth-order valence-electron chi connectivity index (χ4n) is 2.09. The van der Waals surface area contributed by atoms with Crippen LogP contribution < -0.4 is 15.4 Å². The number of amidine groups is 1. The zero-order valence-corrected chi connectivity index (χ0v) is 15.2. The molecule has 1 atom stereocenters. The zero-order valence-electron chi connectivity index (χ0n) is 14.4. The molecule has 25 heavy (non-hydrogen) atoms. The molecule has 7 nitrogen and oxygen atoms in total. The number of benzene rings is 1. The van der Waals surface area contributed by atoms with Crippen LogP contribution in [0, 0.1) is 0 Å². The second-order valence-corrected chi connectivity index (χ2v) is 6.59. The van der Waals surface area contributed by atoms with Gasteiger partial charge < -0.3 is 20.1 Å². The Morgan fingerprint density at radius 3 is 2.76 bits per heavy atom. The number of methoxy groups -OCH3 is 1. The van der Waals surface area contributed by atoms with Crippen molar-refractivity contribution in [1.29, 1.82) is 0 Å². The van der Waals surface area contributed by atoms with Crippen LogP contribution >= 0.6 is 11.8 Å². The number of nitrogens with zero attached hydrogens (tertiary/aromatic N) is 1. The Morgan fingerprint density at radius 1 is 1.32 bits per heavy atom. The Balaban J connectivity index is 1.81. The molecule has 8 heteroatoms. The molecule has 0 aromatic heterocycles. The minimum atomic E-state index is -0.464. The molecule has 0 spiro atoms. The lowest BCUT2D eigenvalue weighted by atomic mass is 10.2. The predicted molar refractivity (Wildman–Crippen MR) is 99.2 cm³/mol. The SMILES string of the molecule is CCCOc1ccc(NC(=O)C[C@@H]2SC(=NCCOC)NC2=O)cc1. The van der Waals surface area contributed by atoms with Crippen molar-refractivity contribution >= 4 is 34.4 Å². The maximum Gasteiger partial charge on any atom is 0.240 e. The highest BCUT2D eigenvalue weighted by Gasteiger charge is 2.31. The third kappa shape index (κ3) is 6.39. The lowest BCUT2D eigenvalue weighted by Gasteiger charge is -2.09. The Morgan fingerprint density at radius 2 is 2.08 bits per heavy atom. The smallest absolute Gasteiger partial charge is 0.240 e. The summed E-state index contributed by atoms with van der Waals surface area (Å²) in [6.45, 7) is 3.67. The highest BCUT2D eigenvalue weighted by molar-refractivity contribution is 8.15. The minimum absolute atomic E-state index is 0.0912. The van der Waals surface area contributed by atoms with E-state index in [1.54, 1.807) is 19.2 Å². The van der Waals surface area contributed by atoms with Gasteiger partial charge in [0.2, 0.25) is 11.8 Å². The number of carbonyl (C=O) groups is 2. The van der Waals surface area contributed by atoms with Crippen molar-refractivity contribution in [3.63, 3.8) is 0 Å². The number of ether oxygens (including phenoxy) is 2. The van der Waals surface area contributed by atoms with Crippen LogP contribution in [0.25, 0.3) is 0 Å². The first-order chi connectivity index (χ1) is 12.1. The van der Waals surface area contributed by atoms with Gasteiger partial charge >= 0.3 is 0 Å². The lowest BCUT2D eigenvalue weighted by molar-refractivity contribution is -0.122. The van der Waals surface area contributed by atoms with Crippen molar-refractivity contribution < 1.29 is 19.1 Å². The summed E-state index contributed by atoms with van der Waals surface area (Å²) in [7, 11) is 1.59. The highest BCUT2D eigenvalue weighted by atomic mass is 32.2. The Kier molecular flexibility index (Phi) is 7.75. The quantitative estimate of drug-likeness (QED) is 0.654. The average Bonchev–Trinajstić information content (AvgIpc) is 2.94. The molecule has 0 saturated carbocycles. The number of carbonyl (C=O) groups excluding carboxylic acids is 2. The monoisotopic (exact) mass is 365 g/mol. The normalized spacial score (nSPS) is 18.2. The van der Waals surface area contributed by atoms with E-state index >= 15 is 0 Å². The van der Waals surface area contributed by atoms with Crippen LogP contribution in [-0.4, -0.2) is 49.1 Å². The molecule has 0 radical (unpaired) electrons. The topological polar surface area (TPSA) is 89.0 Å². The molecule has 2 rings (SSSR count). The van der Waals surface area contributed by atoms with Gasteiger partial charge in [-0.1, -0.05) is 18.7 Å². The van der Waals surface area contributed by atoms with Crippen LogP contribution in [-0.2, 0) is 14.3 Å². The molecule has 1 aromatic carbocycles. The molecule has 1 heterocycles. The molecule has 1 saturated heterocycles. The molecule has 2 amide bonds. The van der Waals surface area contributed by atoms with Crippen molar-refractivity contribution in [2.45, 2.75) is 25.0 Å². The number of hydrogen-bond acceptors (Lipinski definition) is 6. The summed E-state index contributed by atoms with van der Waals surface area (Å²) in [5.74, 6) is 0.357. The molecule has 1 aliphatic rings. The van der Waals surface area contributed by atoms with E-state index in [2.05, 4.69) is 15.6 Å². The summed E-state index contributed by atoms with van der Waals surface area (Å²) in [6.07, 6.45) is 1.03. The largest absolute Gasteiger partial charge is 0.494 e. The Labute approximate surface area is 151 Å². The summed E-state index contributed by atoms with van der Waals surface area (Å²) < 4.78 is 10.4. The van der Waals surface area contributed by atoms with E-state index in [-0.39, 0.29) is 18.2 Å². The van der Waals surface area contributed by atoms with Crippen LogP contribution in [0.5, 0.6) is 5.75 Å². The van der Waals surface area contributed by atoms with E-state index in [9.17, 15) is 9.59 Å². The molecule has 2 N–H and O–H groups in total. The van der Waals surface area contributed by atoms with Crippen LogP contribution in [0.15, 0.2) is 29.3 Å². The van der Waals surface area contributed by atoms with E-state index in [1.807, 2.05) is 19.1 Å². The maximum absolute atomic E-state index is 12.1. The fourth-order valence-corrected chi connectivity index (χ4v) is 3.08. The fraction of sp³-hybridized carbons (Fsp3) is 0.471. The van der Waals surface area contributed by atoms with Gasteiger partial charge in [0.25, 0.3) is 0 Å². The molecule has 1 aliphatic heterocycles. The highest BCUT2D eigenvalue weighted by Crippen LogP contribution is 2.23. The zero-order chi connectivity index (χ0) is 18.1. The molecule has 0 bridgehead atoms. The van der Waals surface area contributed by atoms with E-state index in [1.165, 1.54) is 11.8 Å². The molecule has 136 valence electrons. The summed E-state index contributed by atoms with van der Waals surface area (Å²) in [5, 5.41) is 5.55. The number of hydrogen-bond donors (Lipinski definition) is 2. The third-order valence-electron chi connectivity index (χ3n) is 3.31. The lowest BCUT2D eigenvalue weighted by Crippen LogP contribution is -2.28. The van der Waals surface area contributed by atoms with Gasteiger partial charge in [0.15, 0.2) is 5.17 Å². The first-order valence-corrected chi connectivity index (χ1v) is 9.04. The van der Waals surface area contributed by atoms with Crippen molar-refractivity contribution in [2.75, 3.05) is 32.2 Å². The van der Waals surface area contributed by atoms with Crippen LogP contribution in [0.3, 0.4) is 0 Å². The van der Waals surface area contributed by atoms with E-state index in [4.69, 9.17) is 9.47 Å². The summed E-state index contributed by atoms with van der Waals surface area (Å²) in [4.78, 5) is 28.3. The average molecular weight is 365 g/mol. The molecule has 1 aromatic rings. The first kappa shape index (κ1) is 19.3. The summed E-state index contributed by atoms with van der Waals surface area (Å²) in [6, 6.07) is 7.18. The van der Waals surface area contributed by atoms with Gasteiger partial charge in [0.1, 0.15) is 11.0 Å². The molecule has 0 aliphatic carbocycles. The number of nitrogens with one attached hydrogen (secondary N) is 2. The maximum atomic E-state index is 12.1. The van der Waals surface area contributed by atoms with Gasteiger partial charge in [-0.3, -0.25) is 14.6 Å². The minimum Gasteiger partial charge on any atom is -0.494 e. The number of anilines is 1. The van der Waals surface area contributed by atoms with Crippen molar-refractivity contribution in [3.8, 4) is 5.75 Å². The first-order valence-electron chi connectivity index (χ1n) is 8.16. The Bertz CT molecular complexity index is 619. The summed E-state index contributed by atoms with van der Waals surface area (Å²) in [5.41, 5.74) is 0.672. The number of aliphatic imine (C=N–C) groups is 1. The second-order valence-electron chi connectivity index (χ2n) is 5.40. The van der Waals surface area contributed by atoms with Crippen molar-refractivity contribution in [1.82, 2.24) is 5.32 Å². The number of thioether (sulfide) groups is 1. The van der Waals surface area contributed by atoms with Crippen LogP contribution in [0.2, 0.25) is 0 Å². The number of amides is 2. The van der Waals surface area contributed by atoms with Gasteiger partial charge in [-0.05, 0) is 30.7 Å². The second kappa shape index (κ2) is 10.0. The van der Waals surface area contributed by atoms with Crippen LogP contribution in [0.1, 0.15) is 19.8 Å². The molecule has 1 fully saturated rings. The van der Waals surface area contributed by atoms with E-state index in [0.717, 1.165) is 12.2 Å². The van der Waals surface area contributed by atoms with Gasteiger partial charge in [-0.25, -0.2) is 0 Å².